The summed E-state index contributed by atoms with van der Waals surface area (Å²) in [4.78, 5) is 11.9. The molecule has 5 nitrogen and oxygen atoms in total. The first-order valence-corrected chi connectivity index (χ1v) is 7.25. The van der Waals surface area contributed by atoms with E-state index in [1.54, 1.807) is 6.07 Å². The largest absolute Gasteiger partial charge is 0.486 e. The Labute approximate surface area is 129 Å². The van der Waals surface area contributed by atoms with Crippen LogP contribution >= 0.6 is 0 Å². The maximum Gasteiger partial charge on any atom is 0.238 e. The summed E-state index contributed by atoms with van der Waals surface area (Å²) in [6.07, 6.45) is 0. The number of nitrogens with one attached hydrogen (secondary N) is 2. The quantitative estimate of drug-likeness (QED) is 0.888. The van der Waals surface area contributed by atoms with Crippen molar-refractivity contribution >= 4 is 11.6 Å². The van der Waals surface area contributed by atoms with E-state index in [0.29, 0.717) is 36.9 Å². The summed E-state index contributed by atoms with van der Waals surface area (Å²) < 4.78 is 10.9. The van der Waals surface area contributed by atoms with Crippen molar-refractivity contribution in [2.75, 3.05) is 25.1 Å². The van der Waals surface area contributed by atoms with Gasteiger partial charge in [-0.15, -0.1) is 0 Å². The first kappa shape index (κ1) is 14.4. The minimum Gasteiger partial charge on any atom is -0.486 e. The number of hydrogen-bond acceptors (Lipinski definition) is 4. The molecule has 0 unspecified atom stereocenters. The Morgan fingerprint density at radius 2 is 1.77 bits per heavy atom. The van der Waals surface area contributed by atoms with Gasteiger partial charge in [-0.25, -0.2) is 0 Å². The Kier molecular flexibility index (Phi) is 4.56. The zero-order chi connectivity index (χ0) is 15.2. The Morgan fingerprint density at radius 3 is 2.59 bits per heavy atom. The SMILES string of the molecule is O=C(CNCc1ccccc1)Nc1ccc2c(c1)OCCO2. The van der Waals surface area contributed by atoms with Gasteiger partial charge in [0.25, 0.3) is 0 Å². The molecule has 22 heavy (non-hydrogen) atoms. The van der Waals surface area contributed by atoms with Gasteiger partial charge in [0, 0.05) is 18.3 Å². The minimum absolute atomic E-state index is 0.0902. The molecule has 0 saturated heterocycles. The summed E-state index contributed by atoms with van der Waals surface area (Å²) in [7, 11) is 0. The van der Waals surface area contributed by atoms with Gasteiger partial charge in [0.2, 0.25) is 5.91 Å². The lowest BCUT2D eigenvalue weighted by Gasteiger charge is -2.19. The second kappa shape index (κ2) is 6.95. The fourth-order valence-corrected chi connectivity index (χ4v) is 2.24. The number of carbonyl (C=O) groups is 1. The maximum atomic E-state index is 11.9. The Bertz CT molecular complexity index is 644. The molecule has 1 aliphatic heterocycles. The number of hydrogen-bond donors (Lipinski definition) is 2. The lowest BCUT2D eigenvalue weighted by atomic mass is 10.2. The number of anilines is 1. The summed E-state index contributed by atoms with van der Waals surface area (Å²) in [6, 6.07) is 15.4. The minimum atomic E-state index is -0.0902. The van der Waals surface area contributed by atoms with E-state index in [0.717, 1.165) is 5.56 Å². The van der Waals surface area contributed by atoms with E-state index in [4.69, 9.17) is 9.47 Å². The highest BCUT2D eigenvalue weighted by Gasteiger charge is 2.12. The van der Waals surface area contributed by atoms with Gasteiger partial charge >= 0.3 is 0 Å². The van der Waals surface area contributed by atoms with Crippen molar-refractivity contribution in [2.45, 2.75) is 6.54 Å². The van der Waals surface area contributed by atoms with Crippen molar-refractivity contribution in [3.05, 3.63) is 54.1 Å². The summed E-state index contributed by atoms with van der Waals surface area (Å²) in [5, 5.41) is 5.96. The van der Waals surface area contributed by atoms with Crippen LogP contribution in [0.3, 0.4) is 0 Å². The number of ether oxygens (including phenoxy) is 2. The van der Waals surface area contributed by atoms with E-state index in [1.165, 1.54) is 0 Å². The molecule has 1 amide bonds. The van der Waals surface area contributed by atoms with Crippen LogP contribution in [0.2, 0.25) is 0 Å². The van der Waals surface area contributed by atoms with Gasteiger partial charge in [-0.1, -0.05) is 30.3 Å². The molecule has 0 atom stereocenters. The van der Waals surface area contributed by atoms with E-state index >= 15 is 0 Å². The lowest BCUT2D eigenvalue weighted by molar-refractivity contribution is -0.115. The molecule has 0 aromatic heterocycles. The third-order valence-electron chi connectivity index (χ3n) is 3.28. The van der Waals surface area contributed by atoms with Gasteiger partial charge in [-0.05, 0) is 17.7 Å². The van der Waals surface area contributed by atoms with Crippen LogP contribution in [0.15, 0.2) is 48.5 Å². The molecule has 0 aliphatic carbocycles. The Hall–Kier alpha value is -2.53. The van der Waals surface area contributed by atoms with Gasteiger partial charge in [-0.2, -0.15) is 0 Å². The average molecular weight is 298 g/mol. The smallest absolute Gasteiger partial charge is 0.238 e. The van der Waals surface area contributed by atoms with E-state index < -0.39 is 0 Å². The maximum absolute atomic E-state index is 11.9. The standard InChI is InChI=1S/C17H18N2O3/c20-17(12-18-11-13-4-2-1-3-5-13)19-14-6-7-15-16(10-14)22-9-8-21-15/h1-7,10,18H,8-9,11-12H2,(H,19,20). The molecule has 2 N–H and O–H groups in total. The van der Waals surface area contributed by atoms with Crippen molar-refractivity contribution in [1.82, 2.24) is 5.32 Å². The molecule has 1 aliphatic rings. The zero-order valence-electron chi connectivity index (χ0n) is 12.2. The van der Waals surface area contributed by atoms with Crippen LogP contribution in [-0.2, 0) is 11.3 Å². The van der Waals surface area contributed by atoms with Crippen LogP contribution < -0.4 is 20.1 Å². The second-order valence-corrected chi connectivity index (χ2v) is 5.00. The van der Waals surface area contributed by atoms with Gasteiger partial charge in [0.1, 0.15) is 13.2 Å². The monoisotopic (exact) mass is 298 g/mol. The van der Waals surface area contributed by atoms with Crippen molar-refractivity contribution in [3.63, 3.8) is 0 Å². The number of amides is 1. The molecule has 0 spiro atoms. The third-order valence-corrected chi connectivity index (χ3v) is 3.28. The molecule has 3 rings (SSSR count). The highest BCUT2D eigenvalue weighted by Crippen LogP contribution is 2.32. The molecule has 0 bridgehead atoms. The van der Waals surface area contributed by atoms with Crippen LogP contribution in [0, 0.1) is 0 Å². The number of fused-ring (bicyclic) bond motifs is 1. The van der Waals surface area contributed by atoms with Crippen LogP contribution in [-0.4, -0.2) is 25.7 Å². The average Bonchev–Trinajstić information content (AvgIpc) is 2.56. The van der Waals surface area contributed by atoms with Crippen molar-refractivity contribution in [3.8, 4) is 11.5 Å². The molecular weight excluding hydrogens is 280 g/mol. The van der Waals surface area contributed by atoms with Crippen LogP contribution in [0.5, 0.6) is 11.5 Å². The third kappa shape index (κ3) is 3.77. The predicted octanol–water partition coefficient (Wildman–Crippen LogP) is 2.19. The van der Waals surface area contributed by atoms with Crippen molar-refractivity contribution in [1.29, 1.82) is 0 Å². The van der Waals surface area contributed by atoms with E-state index in [2.05, 4.69) is 10.6 Å². The predicted molar refractivity (Wildman–Crippen MR) is 84.2 cm³/mol. The molecule has 0 fully saturated rings. The van der Waals surface area contributed by atoms with Crippen LogP contribution in [0.1, 0.15) is 5.56 Å². The molecule has 1 heterocycles. The molecule has 0 saturated carbocycles. The van der Waals surface area contributed by atoms with Crippen LogP contribution in [0.25, 0.3) is 0 Å². The number of carbonyl (C=O) groups excluding carboxylic acids is 1. The van der Waals surface area contributed by atoms with Gasteiger partial charge in [0.05, 0.1) is 6.54 Å². The van der Waals surface area contributed by atoms with E-state index in [1.807, 2.05) is 42.5 Å². The second-order valence-electron chi connectivity index (χ2n) is 5.00. The van der Waals surface area contributed by atoms with Gasteiger partial charge in [0.15, 0.2) is 11.5 Å². The highest BCUT2D eigenvalue weighted by molar-refractivity contribution is 5.92. The van der Waals surface area contributed by atoms with Crippen LogP contribution in [0.4, 0.5) is 5.69 Å². The van der Waals surface area contributed by atoms with Crippen molar-refractivity contribution in [2.24, 2.45) is 0 Å². The molecule has 5 heteroatoms. The van der Waals surface area contributed by atoms with Gasteiger partial charge in [-0.3, -0.25) is 4.79 Å². The highest BCUT2D eigenvalue weighted by atomic mass is 16.6. The summed E-state index contributed by atoms with van der Waals surface area (Å²) >= 11 is 0. The fourth-order valence-electron chi connectivity index (χ4n) is 2.24. The molecule has 2 aromatic rings. The normalized spacial score (nSPS) is 12.7. The Balaban J connectivity index is 1.49. The molecule has 114 valence electrons. The summed E-state index contributed by atoms with van der Waals surface area (Å²) in [5.74, 6) is 1.29. The first-order chi connectivity index (χ1) is 10.8. The fraction of sp³-hybridized carbons (Fsp3) is 0.235. The van der Waals surface area contributed by atoms with E-state index in [9.17, 15) is 4.79 Å². The topological polar surface area (TPSA) is 59.6 Å². The Morgan fingerprint density at radius 1 is 1.00 bits per heavy atom. The summed E-state index contributed by atoms with van der Waals surface area (Å²) in [5.41, 5.74) is 1.85. The number of benzene rings is 2. The molecular formula is C17H18N2O3. The summed E-state index contributed by atoms with van der Waals surface area (Å²) in [6.45, 7) is 2.00. The first-order valence-electron chi connectivity index (χ1n) is 7.25. The molecule has 0 radical (unpaired) electrons. The lowest BCUT2D eigenvalue weighted by Crippen LogP contribution is -2.27. The van der Waals surface area contributed by atoms with Gasteiger partial charge < -0.3 is 20.1 Å². The van der Waals surface area contributed by atoms with E-state index in [-0.39, 0.29) is 12.5 Å². The van der Waals surface area contributed by atoms with Crippen molar-refractivity contribution < 1.29 is 14.3 Å². The molecule has 2 aromatic carbocycles. The zero-order valence-corrected chi connectivity index (χ0v) is 12.2. The number of rotatable bonds is 5.